The summed E-state index contributed by atoms with van der Waals surface area (Å²) in [6.45, 7) is 2.39. The molecule has 18 heavy (non-hydrogen) atoms. The van der Waals surface area contributed by atoms with Crippen molar-refractivity contribution in [1.82, 2.24) is 0 Å². The molecule has 0 spiro atoms. The van der Waals surface area contributed by atoms with Gasteiger partial charge in [0.15, 0.2) is 5.54 Å². The zero-order valence-electron chi connectivity index (χ0n) is 9.73. The molecule has 1 rings (SSSR count). The van der Waals surface area contributed by atoms with E-state index in [1.54, 1.807) is 19.1 Å². The standard InChI is InChI=1S/C11H12BrF3N2O/c1-6-5-7(3-4-8(6)12)17-9(18)10(2,16)11(13,14)15/h3-5H,16H2,1-2H3,(H,17,18). The molecule has 0 aliphatic heterocycles. The first kappa shape index (κ1) is 15.0. The van der Waals surface area contributed by atoms with Gasteiger partial charge in [0, 0.05) is 10.2 Å². The van der Waals surface area contributed by atoms with Gasteiger partial charge in [0.25, 0.3) is 5.91 Å². The third kappa shape index (κ3) is 3.02. The minimum absolute atomic E-state index is 0.265. The molecule has 0 bridgehead atoms. The first-order valence-electron chi connectivity index (χ1n) is 4.99. The third-order valence-corrected chi connectivity index (χ3v) is 3.37. The maximum atomic E-state index is 12.5. The molecule has 0 heterocycles. The summed E-state index contributed by atoms with van der Waals surface area (Å²) in [5, 5.41) is 2.15. The second kappa shape index (κ2) is 4.89. The van der Waals surface area contributed by atoms with E-state index in [0.29, 0.717) is 6.92 Å². The molecule has 3 N–H and O–H groups in total. The molecule has 1 amide bonds. The van der Waals surface area contributed by atoms with Gasteiger partial charge in [-0.2, -0.15) is 13.2 Å². The van der Waals surface area contributed by atoms with Crippen LogP contribution in [0.25, 0.3) is 0 Å². The van der Waals surface area contributed by atoms with E-state index in [0.717, 1.165) is 10.0 Å². The lowest BCUT2D eigenvalue weighted by atomic mass is 10.0. The minimum atomic E-state index is -4.80. The third-order valence-electron chi connectivity index (χ3n) is 2.48. The number of carbonyl (C=O) groups is 1. The van der Waals surface area contributed by atoms with E-state index in [-0.39, 0.29) is 5.69 Å². The van der Waals surface area contributed by atoms with Crippen molar-refractivity contribution in [2.75, 3.05) is 5.32 Å². The van der Waals surface area contributed by atoms with Crippen LogP contribution in [0.2, 0.25) is 0 Å². The Morgan fingerprint density at radius 2 is 1.94 bits per heavy atom. The zero-order valence-corrected chi connectivity index (χ0v) is 11.3. The van der Waals surface area contributed by atoms with Gasteiger partial charge in [0.1, 0.15) is 0 Å². The normalized spacial score (nSPS) is 15.1. The van der Waals surface area contributed by atoms with Crippen LogP contribution < -0.4 is 11.1 Å². The molecule has 1 aromatic rings. The number of alkyl halides is 3. The van der Waals surface area contributed by atoms with Gasteiger partial charge < -0.3 is 11.1 Å². The molecule has 0 aromatic heterocycles. The Labute approximate surface area is 111 Å². The molecule has 0 aliphatic carbocycles. The second-order valence-electron chi connectivity index (χ2n) is 4.12. The summed E-state index contributed by atoms with van der Waals surface area (Å²) >= 11 is 3.25. The van der Waals surface area contributed by atoms with Gasteiger partial charge in [0.2, 0.25) is 0 Å². The molecule has 0 fully saturated rings. The van der Waals surface area contributed by atoms with Crippen LogP contribution in [0.5, 0.6) is 0 Å². The van der Waals surface area contributed by atoms with Crippen molar-refractivity contribution < 1.29 is 18.0 Å². The number of aryl methyl sites for hydroxylation is 1. The van der Waals surface area contributed by atoms with E-state index in [9.17, 15) is 18.0 Å². The molecule has 0 aliphatic rings. The van der Waals surface area contributed by atoms with E-state index < -0.39 is 17.6 Å². The first-order chi connectivity index (χ1) is 8.05. The fourth-order valence-electron chi connectivity index (χ4n) is 1.11. The van der Waals surface area contributed by atoms with Gasteiger partial charge in [-0.15, -0.1) is 0 Å². The topological polar surface area (TPSA) is 55.1 Å². The number of anilines is 1. The van der Waals surface area contributed by atoms with Crippen LogP contribution in [-0.4, -0.2) is 17.6 Å². The highest BCUT2D eigenvalue weighted by Crippen LogP contribution is 2.29. The van der Waals surface area contributed by atoms with Crippen molar-refractivity contribution in [2.45, 2.75) is 25.6 Å². The average molecular weight is 325 g/mol. The Bertz CT molecular complexity index is 472. The summed E-state index contributed by atoms with van der Waals surface area (Å²) < 4.78 is 38.4. The van der Waals surface area contributed by atoms with Gasteiger partial charge in [-0.05, 0) is 37.6 Å². The number of hydrogen-bond donors (Lipinski definition) is 2. The van der Waals surface area contributed by atoms with Crippen LogP contribution in [0.3, 0.4) is 0 Å². The zero-order chi connectivity index (χ0) is 14.1. The lowest BCUT2D eigenvalue weighted by molar-refractivity contribution is -0.184. The average Bonchev–Trinajstić information content (AvgIpc) is 2.21. The highest BCUT2D eigenvalue weighted by molar-refractivity contribution is 9.10. The number of amides is 1. The molecule has 0 radical (unpaired) electrons. The van der Waals surface area contributed by atoms with Crippen molar-refractivity contribution in [3.63, 3.8) is 0 Å². The van der Waals surface area contributed by atoms with Crippen LogP contribution in [0.15, 0.2) is 22.7 Å². The Hall–Kier alpha value is -1.08. The number of rotatable bonds is 2. The van der Waals surface area contributed by atoms with Gasteiger partial charge in [-0.25, -0.2) is 0 Å². The van der Waals surface area contributed by atoms with Crippen molar-refractivity contribution in [3.8, 4) is 0 Å². The number of carbonyl (C=O) groups excluding carboxylic acids is 1. The summed E-state index contributed by atoms with van der Waals surface area (Å²) in [6, 6.07) is 4.67. The number of nitrogens with two attached hydrogens (primary N) is 1. The molecule has 100 valence electrons. The van der Waals surface area contributed by atoms with Gasteiger partial charge >= 0.3 is 6.18 Å². The highest BCUT2D eigenvalue weighted by atomic mass is 79.9. The first-order valence-corrected chi connectivity index (χ1v) is 5.78. The molecule has 3 nitrogen and oxygen atoms in total. The number of hydrogen-bond acceptors (Lipinski definition) is 2. The molecule has 1 atom stereocenters. The van der Waals surface area contributed by atoms with Crippen molar-refractivity contribution in [1.29, 1.82) is 0 Å². The SMILES string of the molecule is Cc1cc(NC(=O)C(C)(N)C(F)(F)F)ccc1Br. The molecule has 7 heteroatoms. The second-order valence-corrected chi connectivity index (χ2v) is 4.97. The predicted molar refractivity (Wildman–Crippen MR) is 66.2 cm³/mol. The van der Waals surface area contributed by atoms with Crippen LogP contribution in [0.1, 0.15) is 12.5 Å². The lowest BCUT2D eigenvalue weighted by Crippen LogP contribution is -2.59. The van der Waals surface area contributed by atoms with Crippen LogP contribution >= 0.6 is 15.9 Å². The maximum Gasteiger partial charge on any atom is 0.415 e. The van der Waals surface area contributed by atoms with Crippen LogP contribution in [0, 0.1) is 6.92 Å². The Balaban J connectivity index is 2.91. The molecule has 1 unspecified atom stereocenters. The summed E-state index contributed by atoms with van der Waals surface area (Å²) in [7, 11) is 0. The number of benzene rings is 1. The Morgan fingerprint density at radius 3 is 2.39 bits per heavy atom. The molecular formula is C11H12BrF3N2O. The summed E-state index contributed by atoms with van der Waals surface area (Å²) in [4.78, 5) is 11.5. The van der Waals surface area contributed by atoms with E-state index >= 15 is 0 Å². The van der Waals surface area contributed by atoms with Crippen LogP contribution in [0.4, 0.5) is 18.9 Å². The van der Waals surface area contributed by atoms with E-state index in [1.807, 2.05) is 0 Å². The van der Waals surface area contributed by atoms with E-state index in [4.69, 9.17) is 5.73 Å². The monoisotopic (exact) mass is 324 g/mol. The van der Waals surface area contributed by atoms with Crippen molar-refractivity contribution >= 4 is 27.5 Å². The molecule has 0 saturated carbocycles. The van der Waals surface area contributed by atoms with Gasteiger partial charge in [-0.3, -0.25) is 4.79 Å². The smallest absolute Gasteiger partial charge is 0.324 e. The predicted octanol–water partition coefficient (Wildman–Crippen LogP) is 2.98. The number of nitrogens with one attached hydrogen (secondary N) is 1. The van der Waals surface area contributed by atoms with E-state index in [1.165, 1.54) is 6.07 Å². The molecule has 1 aromatic carbocycles. The van der Waals surface area contributed by atoms with Gasteiger partial charge in [-0.1, -0.05) is 15.9 Å². The fourth-order valence-corrected chi connectivity index (χ4v) is 1.36. The molecule has 0 saturated heterocycles. The summed E-state index contributed by atoms with van der Waals surface area (Å²) in [5.74, 6) is -1.29. The van der Waals surface area contributed by atoms with Crippen molar-refractivity contribution in [3.05, 3.63) is 28.2 Å². The molecular weight excluding hydrogens is 313 g/mol. The summed E-state index contributed by atoms with van der Waals surface area (Å²) in [5.41, 5.74) is 3.14. The maximum absolute atomic E-state index is 12.5. The van der Waals surface area contributed by atoms with E-state index in [2.05, 4.69) is 21.2 Å². The highest BCUT2D eigenvalue weighted by Gasteiger charge is 2.53. The van der Waals surface area contributed by atoms with Crippen LogP contribution in [-0.2, 0) is 4.79 Å². The lowest BCUT2D eigenvalue weighted by Gasteiger charge is -2.26. The Kier molecular flexibility index (Phi) is 4.07. The van der Waals surface area contributed by atoms with Crippen molar-refractivity contribution in [2.24, 2.45) is 5.73 Å². The quantitative estimate of drug-likeness (QED) is 0.878. The minimum Gasteiger partial charge on any atom is -0.324 e. The largest absolute Gasteiger partial charge is 0.415 e. The summed E-state index contributed by atoms with van der Waals surface area (Å²) in [6.07, 6.45) is -4.80. The number of halogens is 4. The fraction of sp³-hybridized carbons (Fsp3) is 0.364. The van der Waals surface area contributed by atoms with Gasteiger partial charge in [0.05, 0.1) is 0 Å². The Morgan fingerprint density at radius 1 is 1.39 bits per heavy atom.